The monoisotopic (exact) mass is 522 g/mol. The Bertz CT molecular complexity index is 1060. The molecular weight excluding hydrogens is 495 g/mol. The minimum atomic E-state index is -3.51. The summed E-state index contributed by atoms with van der Waals surface area (Å²) in [5, 5.41) is 0. The second-order valence-corrected chi connectivity index (χ2v) is 7.67. The van der Waals surface area contributed by atoms with Crippen LogP contribution in [0.4, 0.5) is 0 Å². The smallest absolute Gasteiger partial charge is 0.419 e. The van der Waals surface area contributed by atoms with E-state index in [1.54, 1.807) is 27.7 Å². The Labute approximate surface area is 208 Å². The van der Waals surface area contributed by atoms with Gasteiger partial charge in [-0.05, 0) is 64.1 Å². The largest absolute Gasteiger partial charge is 0.462 e. The van der Waals surface area contributed by atoms with Crippen molar-refractivity contribution in [2.45, 2.75) is 27.7 Å². The molecule has 0 aliphatic rings. The molecular formula is C24H27O11P. The minimum Gasteiger partial charge on any atom is -0.462 e. The van der Waals surface area contributed by atoms with Gasteiger partial charge in [0.25, 0.3) is 0 Å². The first kappa shape index (κ1) is 28.4. The van der Waals surface area contributed by atoms with Crippen molar-refractivity contribution in [1.82, 2.24) is 0 Å². The highest BCUT2D eigenvalue weighted by molar-refractivity contribution is 7.34. The number of rotatable bonds is 12. The van der Waals surface area contributed by atoms with Crippen molar-refractivity contribution >= 4 is 32.1 Å². The average Bonchev–Trinajstić information content (AvgIpc) is 2.84. The first-order valence-corrected chi connectivity index (χ1v) is 12.3. The van der Waals surface area contributed by atoms with Crippen molar-refractivity contribution in [3.63, 3.8) is 0 Å². The lowest BCUT2D eigenvalue weighted by Gasteiger charge is -2.15. The van der Waals surface area contributed by atoms with Gasteiger partial charge in [-0.3, -0.25) is 0 Å². The molecule has 0 saturated carbocycles. The Morgan fingerprint density at radius 3 is 1.25 bits per heavy atom. The summed E-state index contributed by atoms with van der Waals surface area (Å²) in [7, 11) is -3.51. The third-order valence-electron chi connectivity index (χ3n) is 4.36. The van der Waals surface area contributed by atoms with Crippen molar-refractivity contribution in [2.75, 3.05) is 26.4 Å². The van der Waals surface area contributed by atoms with Gasteiger partial charge in [0.05, 0.1) is 37.6 Å². The molecule has 0 N–H and O–H groups in total. The van der Waals surface area contributed by atoms with Gasteiger partial charge in [-0.15, -0.1) is 0 Å². The standard InChI is InChI=1S/C24H27O11P/c1-5-30-21(25)15-9-11-17(23(27)32-7-3)19(13-15)34-36(29)35-20-14-16(22(26)31-6-2)10-12-18(20)24(28)33-8-4/h9-14,36H,5-8H2,1-4H3. The zero-order valence-electron chi connectivity index (χ0n) is 20.3. The number of ether oxygens (including phenoxy) is 4. The maximum atomic E-state index is 12.9. The van der Waals surface area contributed by atoms with E-state index in [-0.39, 0.29) is 60.2 Å². The fourth-order valence-electron chi connectivity index (χ4n) is 2.85. The highest BCUT2D eigenvalue weighted by atomic mass is 31.1. The molecule has 194 valence electrons. The first-order valence-electron chi connectivity index (χ1n) is 11.1. The van der Waals surface area contributed by atoms with E-state index in [2.05, 4.69) is 0 Å². The Morgan fingerprint density at radius 2 is 0.917 bits per heavy atom. The van der Waals surface area contributed by atoms with Gasteiger partial charge in [-0.2, -0.15) is 0 Å². The third kappa shape index (κ3) is 7.58. The zero-order valence-corrected chi connectivity index (χ0v) is 21.3. The lowest BCUT2D eigenvalue weighted by atomic mass is 10.1. The molecule has 0 unspecified atom stereocenters. The van der Waals surface area contributed by atoms with Gasteiger partial charge < -0.3 is 28.0 Å². The van der Waals surface area contributed by atoms with E-state index in [9.17, 15) is 23.7 Å². The number of benzene rings is 2. The maximum Gasteiger partial charge on any atom is 0.419 e. The van der Waals surface area contributed by atoms with Gasteiger partial charge in [-0.25, -0.2) is 23.7 Å². The lowest BCUT2D eigenvalue weighted by molar-refractivity contribution is 0.0508. The summed E-state index contributed by atoms with van der Waals surface area (Å²) < 4.78 is 43.5. The van der Waals surface area contributed by atoms with E-state index in [1.807, 2.05) is 0 Å². The number of carbonyl (C=O) groups is 4. The summed E-state index contributed by atoms with van der Waals surface area (Å²) in [6.45, 7) is 6.81. The van der Waals surface area contributed by atoms with Gasteiger partial charge in [-0.1, -0.05) is 0 Å². The van der Waals surface area contributed by atoms with Crippen molar-refractivity contribution in [1.29, 1.82) is 0 Å². The average molecular weight is 522 g/mol. The molecule has 0 radical (unpaired) electrons. The molecule has 0 fully saturated rings. The first-order chi connectivity index (χ1) is 17.2. The maximum absolute atomic E-state index is 12.9. The van der Waals surface area contributed by atoms with E-state index in [0.717, 1.165) is 12.1 Å². The molecule has 36 heavy (non-hydrogen) atoms. The molecule has 2 rings (SSSR count). The predicted molar refractivity (Wildman–Crippen MR) is 127 cm³/mol. The quantitative estimate of drug-likeness (QED) is 0.224. The molecule has 0 aromatic heterocycles. The van der Waals surface area contributed by atoms with Crippen molar-refractivity contribution in [2.24, 2.45) is 0 Å². The van der Waals surface area contributed by atoms with E-state index < -0.39 is 32.1 Å². The van der Waals surface area contributed by atoms with Gasteiger partial charge in [0, 0.05) is 0 Å². The van der Waals surface area contributed by atoms with Crippen molar-refractivity contribution < 1.29 is 51.7 Å². The molecule has 12 heteroatoms. The van der Waals surface area contributed by atoms with Crippen LogP contribution in [0.15, 0.2) is 36.4 Å². The second kappa shape index (κ2) is 13.9. The molecule has 0 aliphatic carbocycles. The molecule has 0 heterocycles. The summed E-state index contributed by atoms with van der Waals surface area (Å²) in [6.07, 6.45) is 0. The molecule has 2 aromatic rings. The number of hydrogen-bond donors (Lipinski definition) is 0. The lowest BCUT2D eigenvalue weighted by Crippen LogP contribution is -2.11. The highest BCUT2D eigenvalue weighted by Gasteiger charge is 2.22. The van der Waals surface area contributed by atoms with Crippen LogP contribution in [-0.2, 0) is 23.5 Å². The van der Waals surface area contributed by atoms with Crippen molar-refractivity contribution in [3.05, 3.63) is 58.7 Å². The van der Waals surface area contributed by atoms with Crippen LogP contribution >= 0.6 is 8.25 Å². The normalized spacial score (nSPS) is 10.4. The van der Waals surface area contributed by atoms with E-state index >= 15 is 0 Å². The summed E-state index contributed by atoms with van der Waals surface area (Å²) in [4.78, 5) is 48.9. The Kier molecular flexibility index (Phi) is 11.0. The molecule has 0 saturated heterocycles. The predicted octanol–water partition coefficient (Wildman–Crippen LogP) is 4.24. The topological polar surface area (TPSA) is 141 Å². The summed E-state index contributed by atoms with van der Waals surface area (Å²) in [6, 6.07) is 7.52. The van der Waals surface area contributed by atoms with Crippen LogP contribution in [0.3, 0.4) is 0 Å². The van der Waals surface area contributed by atoms with Gasteiger partial charge in [0.15, 0.2) is 0 Å². The number of carbonyl (C=O) groups excluding carboxylic acids is 4. The summed E-state index contributed by atoms with van der Waals surface area (Å²) >= 11 is 0. The van der Waals surface area contributed by atoms with Gasteiger partial charge in [0.1, 0.15) is 22.6 Å². The number of hydrogen-bond acceptors (Lipinski definition) is 11. The van der Waals surface area contributed by atoms with E-state index in [1.165, 1.54) is 24.3 Å². The molecule has 0 bridgehead atoms. The fraction of sp³-hybridized carbons (Fsp3) is 0.333. The summed E-state index contributed by atoms with van der Waals surface area (Å²) in [5.74, 6) is -3.47. The van der Waals surface area contributed by atoms with E-state index in [0.29, 0.717) is 0 Å². The molecule has 0 atom stereocenters. The SMILES string of the molecule is CCOC(=O)c1ccc(C(=O)OCC)c(O[PH](=O)Oc2cc(C(=O)OCC)ccc2C(=O)OCC)c1. The van der Waals surface area contributed by atoms with Crippen molar-refractivity contribution in [3.8, 4) is 11.5 Å². The molecule has 11 nitrogen and oxygen atoms in total. The van der Waals surface area contributed by atoms with Crippen LogP contribution in [0.25, 0.3) is 0 Å². The van der Waals surface area contributed by atoms with Crippen LogP contribution in [0.2, 0.25) is 0 Å². The van der Waals surface area contributed by atoms with Crippen LogP contribution in [-0.4, -0.2) is 50.3 Å². The Hall–Kier alpha value is -3.85. The Balaban J connectivity index is 2.42. The molecule has 2 aromatic carbocycles. The second-order valence-electron chi connectivity index (χ2n) is 6.76. The van der Waals surface area contributed by atoms with Crippen LogP contribution < -0.4 is 9.05 Å². The zero-order chi connectivity index (χ0) is 26.7. The number of esters is 4. The Morgan fingerprint density at radius 1 is 0.583 bits per heavy atom. The van der Waals surface area contributed by atoms with Crippen LogP contribution in [0.1, 0.15) is 69.1 Å². The highest BCUT2D eigenvalue weighted by Crippen LogP contribution is 2.36. The summed E-state index contributed by atoms with van der Waals surface area (Å²) in [5.41, 5.74) is -0.159. The van der Waals surface area contributed by atoms with Gasteiger partial charge in [0.2, 0.25) is 0 Å². The van der Waals surface area contributed by atoms with Gasteiger partial charge >= 0.3 is 32.1 Å². The third-order valence-corrected chi connectivity index (χ3v) is 5.14. The van der Waals surface area contributed by atoms with Crippen LogP contribution in [0, 0.1) is 0 Å². The molecule has 0 spiro atoms. The van der Waals surface area contributed by atoms with E-state index in [4.69, 9.17) is 28.0 Å². The molecule has 0 amide bonds. The molecule has 0 aliphatic heterocycles. The minimum absolute atomic E-state index is 0.0335. The fourth-order valence-corrected chi connectivity index (χ4v) is 3.59. The van der Waals surface area contributed by atoms with Crippen LogP contribution in [0.5, 0.6) is 11.5 Å².